The van der Waals surface area contributed by atoms with Gasteiger partial charge in [-0.25, -0.2) is 4.39 Å². The number of aromatic nitrogens is 2. The Labute approximate surface area is 136 Å². The third-order valence-electron chi connectivity index (χ3n) is 3.58. The summed E-state index contributed by atoms with van der Waals surface area (Å²) in [6, 6.07) is 6.52. The average molecular weight is 318 g/mol. The molecule has 2 aromatic rings. The number of nitrogens with one attached hydrogen (secondary N) is 1. The second-order valence-electron chi connectivity index (χ2n) is 5.93. The van der Waals surface area contributed by atoms with Gasteiger partial charge in [0.2, 0.25) is 0 Å². The molecule has 124 valence electrons. The van der Waals surface area contributed by atoms with Crippen molar-refractivity contribution >= 4 is 5.91 Å². The van der Waals surface area contributed by atoms with Gasteiger partial charge in [0.1, 0.15) is 5.82 Å². The molecular formula is C17H23FN4O. The third-order valence-corrected chi connectivity index (χ3v) is 3.58. The Balaban J connectivity index is 2.11. The Morgan fingerprint density at radius 3 is 2.78 bits per heavy atom. The van der Waals surface area contributed by atoms with Gasteiger partial charge in [0.25, 0.3) is 5.91 Å². The first-order valence-electron chi connectivity index (χ1n) is 7.62. The Morgan fingerprint density at radius 2 is 2.09 bits per heavy atom. The summed E-state index contributed by atoms with van der Waals surface area (Å²) in [5.74, 6) is -0.560. The van der Waals surface area contributed by atoms with Crippen LogP contribution in [0.2, 0.25) is 0 Å². The van der Waals surface area contributed by atoms with Crippen molar-refractivity contribution in [2.45, 2.75) is 13.3 Å². The second kappa shape index (κ2) is 7.37. The van der Waals surface area contributed by atoms with E-state index in [1.165, 1.54) is 10.7 Å². The smallest absolute Gasteiger partial charge is 0.271 e. The zero-order chi connectivity index (χ0) is 17.0. The van der Waals surface area contributed by atoms with E-state index in [2.05, 4.69) is 15.3 Å². The van der Waals surface area contributed by atoms with Crippen molar-refractivity contribution in [3.63, 3.8) is 0 Å². The molecule has 0 atom stereocenters. The molecule has 1 aromatic heterocycles. The second-order valence-corrected chi connectivity index (χ2v) is 5.93. The molecular weight excluding hydrogens is 295 g/mol. The molecule has 0 aliphatic carbocycles. The fraction of sp³-hybridized carbons (Fsp3) is 0.412. The first-order chi connectivity index (χ1) is 10.9. The molecule has 0 aliphatic heterocycles. The molecule has 0 radical (unpaired) electrons. The highest BCUT2D eigenvalue weighted by atomic mass is 19.1. The quantitative estimate of drug-likeness (QED) is 0.831. The number of aryl methyl sites for hydroxylation is 2. The molecule has 0 unspecified atom stereocenters. The highest BCUT2D eigenvalue weighted by Gasteiger charge is 2.16. The number of rotatable bonds is 6. The van der Waals surface area contributed by atoms with Crippen molar-refractivity contribution in [1.82, 2.24) is 20.0 Å². The van der Waals surface area contributed by atoms with E-state index in [0.29, 0.717) is 23.5 Å². The van der Waals surface area contributed by atoms with Crippen LogP contribution in [0.15, 0.2) is 24.3 Å². The highest BCUT2D eigenvalue weighted by molar-refractivity contribution is 5.93. The fourth-order valence-corrected chi connectivity index (χ4v) is 2.35. The Morgan fingerprint density at radius 1 is 1.35 bits per heavy atom. The van der Waals surface area contributed by atoms with E-state index >= 15 is 0 Å². The molecule has 0 saturated heterocycles. The summed E-state index contributed by atoms with van der Waals surface area (Å²) in [5, 5.41) is 7.04. The van der Waals surface area contributed by atoms with Gasteiger partial charge in [-0.3, -0.25) is 9.48 Å². The maximum atomic E-state index is 14.0. The molecule has 0 bridgehead atoms. The van der Waals surface area contributed by atoms with Gasteiger partial charge >= 0.3 is 0 Å². The minimum Gasteiger partial charge on any atom is -0.351 e. The molecule has 23 heavy (non-hydrogen) atoms. The number of benzene rings is 1. The predicted octanol–water partition coefficient (Wildman–Crippen LogP) is 2.22. The highest BCUT2D eigenvalue weighted by Crippen LogP contribution is 2.24. The van der Waals surface area contributed by atoms with E-state index in [4.69, 9.17) is 0 Å². The monoisotopic (exact) mass is 318 g/mol. The van der Waals surface area contributed by atoms with Gasteiger partial charge in [-0.05, 0) is 52.2 Å². The van der Waals surface area contributed by atoms with Crippen molar-refractivity contribution < 1.29 is 9.18 Å². The van der Waals surface area contributed by atoms with Crippen LogP contribution >= 0.6 is 0 Å². The minimum absolute atomic E-state index is 0.237. The van der Waals surface area contributed by atoms with Crippen LogP contribution < -0.4 is 5.32 Å². The zero-order valence-corrected chi connectivity index (χ0v) is 14.1. The summed E-state index contributed by atoms with van der Waals surface area (Å²) in [6.45, 7) is 3.39. The number of carbonyl (C=O) groups excluding carboxylic acids is 1. The number of amides is 1. The number of hydrogen-bond donors (Lipinski definition) is 1. The van der Waals surface area contributed by atoms with Crippen LogP contribution in [0.25, 0.3) is 11.3 Å². The summed E-state index contributed by atoms with van der Waals surface area (Å²) in [7, 11) is 5.69. The van der Waals surface area contributed by atoms with Crippen LogP contribution in [0, 0.1) is 12.7 Å². The van der Waals surface area contributed by atoms with Gasteiger partial charge in [-0.15, -0.1) is 0 Å². The molecule has 1 amide bonds. The number of nitrogens with zero attached hydrogens (tertiary/aromatic N) is 3. The molecule has 0 fully saturated rings. The minimum atomic E-state index is -0.323. The molecule has 0 aliphatic rings. The number of halogens is 1. The van der Waals surface area contributed by atoms with Gasteiger partial charge in [-0.2, -0.15) is 5.10 Å². The van der Waals surface area contributed by atoms with Crippen LogP contribution in [0.5, 0.6) is 0 Å². The van der Waals surface area contributed by atoms with Crippen molar-refractivity contribution in [3.05, 3.63) is 41.3 Å². The molecule has 6 heteroatoms. The Kier molecular flexibility index (Phi) is 5.50. The van der Waals surface area contributed by atoms with Gasteiger partial charge in [0, 0.05) is 19.2 Å². The van der Waals surface area contributed by atoms with Gasteiger partial charge < -0.3 is 10.2 Å². The van der Waals surface area contributed by atoms with E-state index in [1.54, 1.807) is 25.2 Å². The van der Waals surface area contributed by atoms with E-state index < -0.39 is 0 Å². The maximum absolute atomic E-state index is 14.0. The molecule has 1 N–H and O–H groups in total. The molecule has 1 aromatic carbocycles. The summed E-state index contributed by atoms with van der Waals surface area (Å²) in [6.07, 6.45) is 0.866. The van der Waals surface area contributed by atoms with Crippen molar-refractivity contribution in [2.24, 2.45) is 7.05 Å². The molecule has 0 spiro atoms. The van der Waals surface area contributed by atoms with Crippen LogP contribution in [0.4, 0.5) is 4.39 Å². The van der Waals surface area contributed by atoms with E-state index in [0.717, 1.165) is 18.5 Å². The Bertz CT molecular complexity index is 694. The van der Waals surface area contributed by atoms with E-state index in [1.807, 2.05) is 21.0 Å². The normalized spacial score (nSPS) is 11.0. The third kappa shape index (κ3) is 4.39. The molecule has 0 saturated carbocycles. The SMILES string of the molecule is Cc1ccc(F)c(-c2cc(C(=O)NCCCN(C)C)nn2C)c1. The number of hydrogen-bond acceptors (Lipinski definition) is 3. The van der Waals surface area contributed by atoms with Crippen molar-refractivity contribution in [3.8, 4) is 11.3 Å². The first-order valence-corrected chi connectivity index (χ1v) is 7.62. The van der Waals surface area contributed by atoms with Crippen LogP contribution in [-0.2, 0) is 7.05 Å². The lowest BCUT2D eigenvalue weighted by molar-refractivity contribution is 0.0946. The topological polar surface area (TPSA) is 50.2 Å². The molecule has 2 rings (SSSR count). The maximum Gasteiger partial charge on any atom is 0.271 e. The van der Waals surface area contributed by atoms with Crippen LogP contribution in [0.1, 0.15) is 22.5 Å². The van der Waals surface area contributed by atoms with Crippen LogP contribution in [0.3, 0.4) is 0 Å². The van der Waals surface area contributed by atoms with Crippen LogP contribution in [-0.4, -0.2) is 47.8 Å². The lowest BCUT2D eigenvalue weighted by Crippen LogP contribution is -2.27. The molecule has 5 nitrogen and oxygen atoms in total. The Hall–Kier alpha value is -2.21. The lowest BCUT2D eigenvalue weighted by Gasteiger charge is -2.09. The van der Waals surface area contributed by atoms with E-state index in [-0.39, 0.29) is 11.7 Å². The summed E-state index contributed by atoms with van der Waals surface area (Å²) >= 11 is 0. The van der Waals surface area contributed by atoms with Crippen molar-refractivity contribution in [1.29, 1.82) is 0 Å². The summed E-state index contributed by atoms with van der Waals surface area (Å²) < 4.78 is 15.6. The standard InChI is InChI=1S/C17H23FN4O/c1-12-6-7-14(18)13(10-12)16-11-15(20-22(16)4)17(23)19-8-5-9-21(2)3/h6-7,10-11H,5,8-9H2,1-4H3,(H,19,23). The summed E-state index contributed by atoms with van der Waals surface area (Å²) in [4.78, 5) is 14.2. The average Bonchev–Trinajstić information content (AvgIpc) is 2.87. The van der Waals surface area contributed by atoms with Gasteiger partial charge in [0.05, 0.1) is 5.69 Å². The zero-order valence-electron chi connectivity index (χ0n) is 14.1. The first kappa shape index (κ1) is 17.1. The van der Waals surface area contributed by atoms with Crippen molar-refractivity contribution in [2.75, 3.05) is 27.2 Å². The number of carbonyl (C=O) groups is 1. The predicted molar refractivity (Wildman–Crippen MR) is 88.8 cm³/mol. The largest absolute Gasteiger partial charge is 0.351 e. The fourth-order valence-electron chi connectivity index (χ4n) is 2.35. The van der Waals surface area contributed by atoms with Gasteiger partial charge in [0.15, 0.2) is 5.69 Å². The molecule has 1 heterocycles. The lowest BCUT2D eigenvalue weighted by atomic mass is 10.1. The van der Waals surface area contributed by atoms with E-state index in [9.17, 15) is 9.18 Å². The summed E-state index contributed by atoms with van der Waals surface area (Å²) in [5.41, 5.74) is 2.29. The van der Waals surface area contributed by atoms with Gasteiger partial charge in [-0.1, -0.05) is 11.6 Å².